The molecule has 1 aliphatic heterocycles. The Labute approximate surface area is 175 Å². The summed E-state index contributed by atoms with van der Waals surface area (Å²) in [7, 11) is 1.39. The molecule has 5 nitrogen and oxygen atoms in total. The van der Waals surface area contributed by atoms with Crippen LogP contribution in [0.3, 0.4) is 0 Å². The number of hydrogen-bond acceptors (Lipinski definition) is 4. The van der Waals surface area contributed by atoms with Gasteiger partial charge in [-0.1, -0.05) is 51.1 Å². The number of rotatable bonds is 7. The molecule has 0 unspecified atom stereocenters. The molecule has 0 aromatic heterocycles. The summed E-state index contributed by atoms with van der Waals surface area (Å²) in [4.78, 5) is 27.6. The molecule has 2 rings (SSSR count). The molecule has 0 saturated carbocycles. The Hall–Kier alpha value is -1.88. The van der Waals surface area contributed by atoms with E-state index >= 15 is 0 Å². The highest BCUT2D eigenvalue weighted by Crippen LogP contribution is 2.42. The number of nitrogens with zero attached hydrogens (tertiary/aromatic N) is 1. The van der Waals surface area contributed by atoms with Gasteiger partial charge in [-0.3, -0.25) is 9.59 Å². The van der Waals surface area contributed by atoms with Gasteiger partial charge >= 0.3 is 5.97 Å². The van der Waals surface area contributed by atoms with E-state index in [1.165, 1.54) is 12.7 Å². The molecule has 0 N–H and O–H groups in total. The lowest BCUT2D eigenvalue weighted by Gasteiger charge is -2.38. The maximum atomic E-state index is 13.8. The lowest BCUT2D eigenvalue weighted by atomic mass is 9.80. The van der Waals surface area contributed by atoms with Crippen molar-refractivity contribution in [1.82, 2.24) is 4.90 Å². The third kappa shape index (κ3) is 5.19. The second kappa shape index (κ2) is 8.86. The number of hydrogen-bond donors (Lipinski definition) is 0. The van der Waals surface area contributed by atoms with E-state index in [9.17, 15) is 9.59 Å². The van der Waals surface area contributed by atoms with E-state index < -0.39 is 11.3 Å². The van der Waals surface area contributed by atoms with Gasteiger partial charge in [-0.15, -0.1) is 0 Å². The quantitative estimate of drug-likeness (QED) is 0.632. The molecule has 1 heterocycles. The van der Waals surface area contributed by atoms with Crippen LogP contribution in [0.1, 0.15) is 60.5 Å². The van der Waals surface area contributed by atoms with Crippen molar-refractivity contribution in [3.8, 4) is 0 Å². The third-order valence-electron chi connectivity index (χ3n) is 6.23. The van der Waals surface area contributed by atoms with Crippen molar-refractivity contribution in [2.45, 2.75) is 78.7 Å². The van der Waals surface area contributed by atoms with Crippen molar-refractivity contribution in [2.75, 3.05) is 7.11 Å². The standard InChI is InChI=1S/C24H37NO4/c1-16(2)19(15-21(26)28-8)17(3)22(27)25-20(14-18-12-10-9-11-13-18)23(4,5)29-24(25,6)7/h9-13,16-17,19-20H,14-15H2,1-8H3/t17-,19-,20+/m1/s1. The van der Waals surface area contributed by atoms with Crippen LogP contribution >= 0.6 is 0 Å². The van der Waals surface area contributed by atoms with Crippen LogP contribution < -0.4 is 0 Å². The predicted molar refractivity (Wildman–Crippen MR) is 114 cm³/mol. The van der Waals surface area contributed by atoms with E-state index in [0.29, 0.717) is 0 Å². The number of esters is 1. The number of amides is 1. The van der Waals surface area contributed by atoms with Crippen LogP contribution in [0.5, 0.6) is 0 Å². The summed E-state index contributed by atoms with van der Waals surface area (Å²) in [6.07, 6.45) is 0.960. The van der Waals surface area contributed by atoms with Gasteiger partial charge in [-0.05, 0) is 51.5 Å². The highest BCUT2D eigenvalue weighted by molar-refractivity contribution is 5.81. The summed E-state index contributed by atoms with van der Waals surface area (Å²) < 4.78 is 11.2. The van der Waals surface area contributed by atoms with Crippen molar-refractivity contribution in [2.24, 2.45) is 17.8 Å². The number of carbonyl (C=O) groups excluding carboxylic acids is 2. The molecule has 0 spiro atoms. The van der Waals surface area contributed by atoms with Crippen LogP contribution in [-0.2, 0) is 25.5 Å². The van der Waals surface area contributed by atoms with Gasteiger partial charge in [0.15, 0.2) is 0 Å². The fraction of sp³-hybridized carbons (Fsp3) is 0.667. The lowest BCUT2D eigenvalue weighted by Crippen LogP contribution is -2.53. The van der Waals surface area contributed by atoms with Crippen molar-refractivity contribution >= 4 is 11.9 Å². The Morgan fingerprint density at radius 3 is 2.21 bits per heavy atom. The molecular formula is C24H37NO4. The van der Waals surface area contributed by atoms with Gasteiger partial charge in [0.25, 0.3) is 0 Å². The molecule has 0 bridgehead atoms. The maximum Gasteiger partial charge on any atom is 0.305 e. The fourth-order valence-electron chi connectivity index (χ4n) is 4.71. The van der Waals surface area contributed by atoms with Crippen LogP contribution in [0.25, 0.3) is 0 Å². The molecule has 1 saturated heterocycles. The first kappa shape index (κ1) is 23.4. The molecule has 1 aliphatic rings. The highest BCUT2D eigenvalue weighted by atomic mass is 16.6. The molecule has 162 valence electrons. The molecular weight excluding hydrogens is 366 g/mol. The van der Waals surface area contributed by atoms with Crippen LogP contribution in [0.2, 0.25) is 0 Å². The average molecular weight is 404 g/mol. The zero-order chi connectivity index (χ0) is 22.0. The largest absolute Gasteiger partial charge is 0.469 e. The van der Waals surface area contributed by atoms with Crippen LogP contribution in [-0.4, -0.2) is 41.3 Å². The first-order valence-electron chi connectivity index (χ1n) is 10.5. The molecule has 5 heteroatoms. The molecule has 29 heavy (non-hydrogen) atoms. The Kier molecular flexibility index (Phi) is 7.15. The normalized spacial score (nSPS) is 22.4. The first-order chi connectivity index (χ1) is 13.4. The Morgan fingerprint density at radius 2 is 1.69 bits per heavy atom. The van der Waals surface area contributed by atoms with E-state index in [1.807, 2.05) is 43.9 Å². The third-order valence-corrected chi connectivity index (χ3v) is 6.23. The van der Waals surface area contributed by atoms with E-state index in [0.717, 1.165) is 6.42 Å². The van der Waals surface area contributed by atoms with E-state index in [1.54, 1.807) is 0 Å². The molecule has 1 amide bonds. The second-order valence-electron chi connectivity index (χ2n) is 9.54. The highest BCUT2D eigenvalue weighted by Gasteiger charge is 2.55. The molecule has 1 aromatic rings. The Morgan fingerprint density at radius 1 is 1.10 bits per heavy atom. The zero-order valence-corrected chi connectivity index (χ0v) is 19.2. The van der Waals surface area contributed by atoms with Gasteiger partial charge in [0.1, 0.15) is 5.72 Å². The van der Waals surface area contributed by atoms with Crippen LogP contribution in [0.4, 0.5) is 0 Å². The van der Waals surface area contributed by atoms with Gasteiger partial charge in [0.2, 0.25) is 5.91 Å². The fourth-order valence-corrected chi connectivity index (χ4v) is 4.71. The molecule has 1 fully saturated rings. The molecule has 0 radical (unpaired) electrons. The molecule has 3 atom stereocenters. The SMILES string of the molecule is COC(=O)C[C@H](C(C)C)[C@@H](C)C(=O)N1[C@@H](Cc2ccccc2)C(C)(C)OC1(C)C. The van der Waals surface area contributed by atoms with Crippen molar-refractivity contribution in [3.63, 3.8) is 0 Å². The summed E-state index contributed by atoms with van der Waals surface area (Å²) >= 11 is 0. The topological polar surface area (TPSA) is 55.8 Å². The molecule has 0 aliphatic carbocycles. The minimum Gasteiger partial charge on any atom is -0.469 e. The minimum absolute atomic E-state index is 0.0316. The van der Waals surface area contributed by atoms with Gasteiger partial charge in [-0.2, -0.15) is 0 Å². The van der Waals surface area contributed by atoms with Crippen LogP contribution in [0, 0.1) is 17.8 Å². The Balaban J connectivity index is 2.35. The van der Waals surface area contributed by atoms with Gasteiger partial charge in [-0.25, -0.2) is 0 Å². The van der Waals surface area contributed by atoms with E-state index in [2.05, 4.69) is 39.8 Å². The maximum absolute atomic E-state index is 13.8. The average Bonchev–Trinajstić information content (AvgIpc) is 2.82. The number of benzene rings is 1. The summed E-state index contributed by atoms with van der Waals surface area (Å²) in [5.41, 5.74) is -0.0295. The van der Waals surface area contributed by atoms with Crippen molar-refractivity contribution in [3.05, 3.63) is 35.9 Å². The van der Waals surface area contributed by atoms with Gasteiger partial charge in [0.05, 0.1) is 18.8 Å². The monoisotopic (exact) mass is 403 g/mol. The van der Waals surface area contributed by atoms with E-state index in [-0.39, 0.29) is 42.1 Å². The van der Waals surface area contributed by atoms with Crippen molar-refractivity contribution < 1.29 is 19.1 Å². The summed E-state index contributed by atoms with van der Waals surface area (Å²) in [6, 6.07) is 10.1. The number of ether oxygens (including phenoxy) is 2. The van der Waals surface area contributed by atoms with Gasteiger partial charge < -0.3 is 14.4 Å². The van der Waals surface area contributed by atoms with Crippen LogP contribution in [0.15, 0.2) is 30.3 Å². The summed E-state index contributed by atoms with van der Waals surface area (Å²) in [6.45, 7) is 14.0. The first-order valence-corrected chi connectivity index (χ1v) is 10.5. The van der Waals surface area contributed by atoms with E-state index in [4.69, 9.17) is 9.47 Å². The smallest absolute Gasteiger partial charge is 0.305 e. The minimum atomic E-state index is -0.721. The molecule has 1 aromatic carbocycles. The predicted octanol–water partition coefficient (Wildman–Crippen LogP) is 4.44. The second-order valence-corrected chi connectivity index (χ2v) is 9.54. The number of methoxy groups -OCH3 is 1. The van der Waals surface area contributed by atoms with Crippen molar-refractivity contribution in [1.29, 1.82) is 0 Å². The summed E-state index contributed by atoms with van der Waals surface area (Å²) in [5, 5.41) is 0. The van der Waals surface area contributed by atoms with Gasteiger partial charge in [0, 0.05) is 12.3 Å². The number of carbonyl (C=O) groups is 2. The lowest BCUT2D eigenvalue weighted by molar-refractivity contribution is -0.156. The Bertz CT molecular complexity index is 711. The zero-order valence-electron chi connectivity index (χ0n) is 19.2. The summed E-state index contributed by atoms with van der Waals surface area (Å²) in [5.74, 6) is -0.471.